The molecule has 0 aromatic carbocycles. The summed E-state index contributed by atoms with van der Waals surface area (Å²) < 4.78 is 0. The molecule has 0 saturated carbocycles. The molecule has 0 unspecified atom stereocenters. The van der Waals surface area contributed by atoms with Gasteiger partial charge in [0.05, 0.1) is 6.04 Å². The van der Waals surface area contributed by atoms with Gasteiger partial charge in [0, 0.05) is 11.8 Å². The number of amides is 1. The molecule has 0 radical (unpaired) electrons. The van der Waals surface area contributed by atoms with Crippen LogP contribution in [-0.4, -0.2) is 5.91 Å². The molecule has 0 spiro atoms. The smallest absolute Gasteiger partial charge is 0.217 e. The molecule has 1 N–H and O–H groups in total. The van der Waals surface area contributed by atoms with Crippen LogP contribution < -0.4 is 5.32 Å². The first kappa shape index (κ1) is 8.27. The van der Waals surface area contributed by atoms with Crippen LogP contribution in [0.3, 0.4) is 0 Å². The molecule has 1 rings (SSSR count). The molecule has 1 atom stereocenters. The fourth-order valence-corrected chi connectivity index (χ4v) is 1.65. The Morgan fingerprint density at radius 1 is 1.73 bits per heavy atom. The molecule has 0 fully saturated rings. The van der Waals surface area contributed by atoms with E-state index in [1.165, 1.54) is 11.8 Å². The Kier molecular flexibility index (Phi) is 2.65. The molecule has 0 aliphatic carbocycles. The summed E-state index contributed by atoms with van der Waals surface area (Å²) in [4.78, 5) is 11.8. The first-order valence-corrected chi connectivity index (χ1v) is 4.38. The van der Waals surface area contributed by atoms with Gasteiger partial charge in [0.1, 0.15) is 0 Å². The predicted molar refractivity (Wildman–Crippen MR) is 46.6 cm³/mol. The summed E-state index contributed by atoms with van der Waals surface area (Å²) in [5, 5.41) is 4.82. The highest BCUT2D eigenvalue weighted by molar-refractivity contribution is 7.10. The van der Waals surface area contributed by atoms with E-state index in [1.54, 1.807) is 11.3 Å². The van der Waals surface area contributed by atoms with Crippen molar-refractivity contribution in [3.63, 3.8) is 0 Å². The van der Waals surface area contributed by atoms with Crippen LogP contribution >= 0.6 is 11.3 Å². The molecule has 11 heavy (non-hydrogen) atoms. The highest BCUT2D eigenvalue weighted by atomic mass is 32.1. The van der Waals surface area contributed by atoms with Gasteiger partial charge in [0.25, 0.3) is 0 Å². The van der Waals surface area contributed by atoms with Crippen LogP contribution in [0, 0.1) is 0 Å². The van der Waals surface area contributed by atoms with E-state index in [-0.39, 0.29) is 11.9 Å². The molecule has 0 aliphatic heterocycles. The Morgan fingerprint density at radius 3 is 2.91 bits per heavy atom. The fraction of sp³-hybridized carbons (Fsp3) is 0.375. The molecule has 0 aliphatic rings. The summed E-state index contributed by atoms with van der Waals surface area (Å²) in [6.07, 6.45) is 0. The first-order valence-electron chi connectivity index (χ1n) is 3.50. The summed E-state index contributed by atoms with van der Waals surface area (Å²) in [5.41, 5.74) is 0. The Labute approximate surface area is 70.2 Å². The van der Waals surface area contributed by atoms with E-state index in [9.17, 15) is 4.79 Å². The largest absolute Gasteiger partial charge is 0.349 e. The summed E-state index contributed by atoms with van der Waals surface area (Å²) in [6, 6.07) is 4.15. The van der Waals surface area contributed by atoms with Crippen LogP contribution in [0.15, 0.2) is 17.5 Å². The number of hydrogen-bond acceptors (Lipinski definition) is 2. The van der Waals surface area contributed by atoms with Crippen LogP contribution in [-0.2, 0) is 4.79 Å². The molecular formula is C8H11NOS. The van der Waals surface area contributed by atoms with Gasteiger partial charge in [-0.05, 0) is 18.4 Å². The van der Waals surface area contributed by atoms with Crippen molar-refractivity contribution in [2.45, 2.75) is 19.9 Å². The maximum Gasteiger partial charge on any atom is 0.217 e. The second kappa shape index (κ2) is 3.53. The highest BCUT2D eigenvalue weighted by Crippen LogP contribution is 2.17. The van der Waals surface area contributed by atoms with E-state index < -0.39 is 0 Å². The van der Waals surface area contributed by atoms with Gasteiger partial charge in [-0.2, -0.15) is 0 Å². The standard InChI is InChI=1S/C8H11NOS/c1-6(9-7(2)10)8-4-3-5-11-8/h3-6H,1-2H3,(H,9,10)/t6-/m0/s1. The maximum absolute atomic E-state index is 10.6. The predicted octanol–water partition coefficient (Wildman–Crippen LogP) is 1.95. The van der Waals surface area contributed by atoms with Crippen molar-refractivity contribution >= 4 is 17.2 Å². The lowest BCUT2D eigenvalue weighted by molar-refractivity contribution is -0.119. The third-order valence-electron chi connectivity index (χ3n) is 1.39. The monoisotopic (exact) mass is 169 g/mol. The van der Waals surface area contributed by atoms with Crippen LogP contribution in [0.1, 0.15) is 24.8 Å². The zero-order valence-corrected chi connectivity index (χ0v) is 7.44. The molecule has 2 nitrogen and oxygen atoms in total. The summed E-state index contributed by atoms with van der Waals surface area (Å²) in [7, 11) is 0. The second-order valence-electron chi connectivity index (χ2n) is 2.44. The van der Waals surface area contributed by atoms with Gasteiger partial charge in [-0.15, -0.1) is 11.3 Å². The lowest BCUT2D eigenvalue weighted by Crippen LogP contribution is -2.22. The number of carbonyl (C=O) groups excluding carboxylic acids is 1. The van der Waals surface area contributed by atoms with Gasteiger partial charge in [0.15, 0.2) is 0 Å². The Morgan fingerprint density at radius 2 is 2.45 bits per heavy atom. The summed E-state index contributed by atoms with van der Waals surface area (Å²) in [5.74, 6) is 0.0194. The zero-order valence-electron chi connectivity index (χ0n) is 6.63. The Bertz CT molecular complexity index is 230. The zero-order chi connectivity index (χ0) is 8.27. The minimum Gasteiger partial charge on any atom is -0.349 e. The van der Waals surface area contributed by atoms with Gasteiger partial charge in [0.2, 0.25) is 5.91 Å². The molecule has 1 aromatic rings. The number of carbonyl (C=O) groups is 1. The third kappa shape index (κ3) is 2.35. The number of thiophene rings is 1. The lowest BCUT2D eigenvalue weighted by atomic mass is 10.3. The van der Waals surface area contributed by atoms with Crippen molar-refractivity contribution in [2.24, 2.45) is 0 Å². The minimum absolute atomic E-state index is 0.0194. The SMILES string of the molecule is CC(=O)N[C@@H](C)c1cccs1. The number of nitrogens with one attached hydrogen (secondary N) is 1. The van der Waals surface area contributed by atoms with Gasteiger partial charge >= 0.3 is 0 Å². The van der Waals surface area contributed by atoms with E-state index in [0.717, 1.165) is 0 Å². The molecule has 3 heteroatoms. The molecule has 1 heterocycles. The third-order valence-corrected chi connectivity index (χ3v) is 2.44. The van der Waals surface area contributed by atoms with Crippen LogP contribution in [0.2, 0.25) is 0 Å². The van der Waals surface area contributed by atoms with Crippen molar-refractivity contribution < 1.29 is 4.79 Å². The Balaban J connectivity index is 2.56. The van der Waals surface area contributed by atoms with E-state index in [0.29, 0.717) is 0 Å². The minimum atomic E-state index is 0.0194. The van der Waals surface area contributed by atoms with E-state index in [2.05, 4.69) is 5.32 Å². The van der Waals surface area contributed by atoms with Gasteiger partial charge in [-0.1, -0.05) is 6.07 Å². The lowest BCUT2D eigenvalue weighted by Gasteiger charge is -2.08. The fourth-order valence-electron chi connectivity index (χ4n) is 0.914. The second-order valence-corrected chi connectivity index (χ2v) is 3.42. The van der Waals surface area contributed by atoms with Crippen molar-refractivity contribution in [1.29, 1.82) is 0 Å². The average Bonchev–Trinajstić information content (AvgIpc) is 2.35. The van der Waals surface area contributed by atoms with Crippen molar-refractivity contribution in [2.75, 3.05) is 0 Å². The van der Waals surface area contributed by atoms with Gasteiger partial charge in [-0.3, -0.25) is 4.79 Å². The van der Waals surface area contributed by atoms with Crippen molar-refractivity contribution in [1.82, 2.24) is 5.32 Å². The number of rotatable bonds is 2. The molecule has 60 valence electrons. The van der Waals surface area contributed by atoms with Crippen molar-refractivity contribution in [3.8, 4) is 0 Å². The molecule has 1 amide bonds. The maximum atomic E-state index is 10.6. The quantitative estimate of drug-likeness (QED) is 0.720. The van der Waals surface area contributed by atoms with E-state index in [4.69, 9.17) is 0 Å². The van der Waals surface area contributed by atoms with Crippen molar-refractivity contribution in [3.05, 3.63) is 22.4 Å². The molecule has 1 aromatic heterocycles. The van der Waals surface area contributed by atoms with Gasteiger partial charge < -0.3 is 5.32 Å². The summed E-state index contributed by atoms with van der Waals surface area (Å²) in [6.45, 7) is 3.51. The van der Waals surface area contributed by atoms with Crippen LogP contribution in [0.5, 0.6) is 0 Å². The van der Waals surface area contributed by atoms with Crippen LogP contribution in [0.25, 0.3) is 0 Å². The van der Waals surface area contributed by atoms with E-state index >= 15 is 0 Å². The number of hydrogen-bond donors (Lipinski definition) is 1. The summed E-state index contributed by atoms with van der Waals surface area (Å²) >= 11 is 1.66. The average molecular weight is 169 g/mol. The van der Waals surface area contributed by atoms with E-state index in [1.807, 2.05) is 24.4 Å². The molecule has 0 bridgehead atoms. The topological polar surface area (TPSA) is 29.1 Å². The molecule has 0 saturated heterocycles. The molecular weight excluding hydrogens is 158 g/mol. The Hall–Kier alpha value is -0.830. The van der Waals surface area contributed by atoms with Crippen LogP contribution in [0.4, 0.5) is 0 Å². The first-order chi connectivity index (χ1) is 5.20. The normalized spacial score (nSPS) is 12.5. The van der Waals surface area contributed by atoms with Gasteiger partial charge in [-0.25, -0.2) is 0 Å². The highest BCUT2D eigenvalue weighted by Gasteiger charge is 2.05.